The van der Waals surface area contributed by atoms with Crippen molar-refractivity contribution >= 4 is 17.7 Å². The summed E-state index contributed by atoms with van der Waals surface area (Å²) in [5.74, 6) is 0.961. The minimum absolute atomic E-state index is 0.121. The van der Waals surface area contributed by atoms with Gasteiger partial charge in [0.05, 0.1) is 0 Å². The molecule has 1 aromatic carbocycles. The van der Waals surface area contributed by atoms with Crippen molar-refractivity contribution in [3.63, 3.8) is 0 Å². The van der Waals surface area contributed by atoms with Crippen molar-refractivity contribution in [2.24, 2.45) is 5.73 Å². The normalized spacial score (nSPS) is 19.5. The maximum Gasteiger partial charge on any atom is 0.219 e. The van der Waals surface area contributed by atoms with Gasteiger partial charge >= 0.3 is 0 Å². The van der Waals surface area contributed by atoms with Gasteiger partial charge in [0.2, 0.25) is 5.91 Å². The summed E-state index contributed by atoms with van der Waals surface area (Å²) in [5.41, 5.74) is 7.18. The number of fused-ring (bicyclic) bond motifs is 1. The van der Waals surface area contributed by atoms with E-state index in [9.17, 15) is 9.18 Å². The number of halogens is 1. The SMILES string of the molecule is NC(=O)CCn1c(S[C@H]2CCc3c(F)cccc32)nnc1C1CC1. The first-order valence-electron chi connectivity index (χ1n) is 8.29. The highest BCUT2D eigenvalue weighted by Crippen LogP contribution is 2.46. The molecule has 1 amide bonds. The Morgan fingerprint density at radius 1 is 1.33 bits per heavy atom. The van der Waals surface area contributed by atoms with Crippen LogP contribution in [0, 0.1) is 5.82 Å². The summed E-state index contributed by atoms with van der Waals surface area (Å²) in [6.45, 7) is 0.513. The van der Waals surface area contributed by atoms with Crippen molar-refractivity contribution in [3.8, 4) is 0 Å². The van der Waals surface area contributed by atoms with Gasteiger partial charge in [-0.1, -0.05) is 23.9 Å². The molecule has 4 rings (SSSR count). The molecule has 2 aliphatic rings. The van der Waals surface area contributed by atoms with Gasteiger partial charge in [0.15, 0.2) is 5.16 Å². The summed E-state index contributed by atoms with van der Waals surface area (Å²) in [7, 11) is 0. The highest BCUT2D eigenvalue weighted by atomic mass is 32.2. The van der Waals surface area contributed by atoms with Gasteiger partial charge in [0.1, 0.15) is 11.6 Å². The number of carbonyl (C=O) groups excluding carboxylic acids is 1. The molecular formula is C17H19FN4OS. The van der Waals surface area contributed by atoms with E-state index in [1.54, 1.807) is 17.8 Å². The number of nitrogens with two attached hydrogens (primary N) is 1. The predicted octanol–water partition coefficient (Wildman–Crippen LogP) is 2.95. The lowest BCUT2D eigenvalue weighted by atomic mass is 10.1. The minimum atomic E-state index is -0.324. The highest BCUT2D eigenvalue weighted by molar-refractivity contribution is 7.99. The first-order chi connectivity index (χ1) is 11.6. The van der Waals surface area contributed by atoms with E-state index in [0.29, 0.717) is 12.5 Å². The molecule has 2 aliphatic carbocycles. The maximum absolute atomic E-state index is 13.9. The molecule has 7 heteroatoms. The van der Waals surface area contributed by atoms with Crippen LogP contribution in [0.5, 0.6) is 0 Å². The first-order valence-corrected chi connectivity index (χ1v) is 9.17. The predicted molar refractivity (Wildman–Crippen MR) is 89.1 cm³/mol. The smallest absolute Gasteiger partial charge is 0.219 e. The number of amides is 1. The summed E-state index contributed by atoms with van der Waals surface area (Å²) in [5, 5.41) is 9.67. The Hall–Kier alpha value is -1.89. The fourth-order valence-corrected chi connectivity index (χ4v) is 4.52. The van der Waals surface area contributed by atoms with E-state index in [4.69, 9.17) is 5.73 Å². The number of primary amides is 1. The molecule has 1 fully saturated rings. The van der Waals surface area contributed by atoms with Crippen LogP contribution in [0.1, 0.15) is 53.8 Å². The van der Waals surface area contributed by atoms with Gasteiger partial charge in [-0.2, -0.15) is 0 Å². The van der Waals surface area contributed by atoms with Crippen molar-refractivity contribution in [1.29, 1.82) is 0 Å². The lowest BCUT2D eigenvalue weighted by Gasteiger charge is -2.13. The van der Waals surface area contributed by atoms with Crippen LogP contribution in [0.15, 0.2) is 23.4 Å². The Bertz CT molecular complexity index is 787. The molecule has 24 heavy (non-hydrogen) atoms. The first kappa shape index (κ1) is 15.6. The third-order valence-electron chi connectivity index (χ3n) is 4.68. The molecule has 0 bridgehead atoms. The van der Waals surface area contributed by atoms with Gasteiger partial charge in [0.25, 0.3) is 0 Å². The molecule has 126 valence electrons. The number of hydrogen-bond donors (Lipinski definition) is 1. The molecule has 2 N–H and O–H groups in total. The van der Waals surface area contributed by atoms with E-state index in [1.807, 2.05) is 10.6 Å². The van der Waals surface area contributed by atoms with E-state index in [2.05, 4.69) is 10.2 Å². The van der Waals surface area contributed by atoms with Gasteiger partial charge in [-0.15, -0.1) is 10.2 Å². The average molecular weight is 346 g/mol. The number of aromatic nitrogens is 3. The molecule has 1 aromatic heterocycles. The second kappa shape index (κ2) is 6.20. The average Bonchev–Trinajstić information content (AvgIpc) is 3.20. The van der Waals surface area contributed by atoms with Crippen LogP contribution < -0.4 is 5.73 Å². The molecule has 5 nitrogen and oxygen atoms in total. The van der Waals surface area contributed by atoms with Gasteiger partial charge in [0, 0.05) is 24.1 Å². The Balaban J connectivity index is 1.59. The third-order valence-corrected chi connectivity index (χ3v) is 5.96. The van der Waals surface area contributed by atoms with Crippen molar-refractivity contribution in [2.75, 3.05) is 0 Å². The summed E-state index contributed by atoms with van der Waals surface area (Å²) >= 11 is 1.62. The van der Waals surface area contributed by atoms with Crippen molar-refractivity contribution in [2.45, 2.75) is 55.0 Å². The van der Waals surface area contributed by atoms with Crippen molar-refractivity contribution in [1.82, 2.24) is 14.8 Å². The Labute approximate surface area is 143 Å². The lowest BCUT2D eigenvalue weighted by molar-refractivity contribution is -0.118. The zero-order valence-electron chi connectivity index (χ0n) is 13.2. The summed E-state index contributed by atoms with van der Waals surface area (Å²) in [6.07, 6.45) is 4.17. The molecule has 0 saturated heterocycles. The van der Waals surface area contributed by atoms with Crippen LogP contribution in [-0.2, 0) is 17.8 Å². The number of hydrogen-bond acceptors (Lipinski definition) is 4. The number of carbonyl (C=O) groups is 1. The lowest BCUT2D eigenvalue weighted by Crippen LogP contribution is -2.15. The molecule has 1 atom stereocenters. The van der Waals surface area contributed by atoms with Gasteiger partial charge < -0.3 is 10.3 Å². The Kier molecular flexibility index (Phi) is 4.04. The molecule has 1 heterocycles. The maximum atomic E-state index is 13.9. The van der Waals surface area contributed by atoms with Crippen LogP contribution >= 0.6 is 11.8 Å². The number of nitrogens with zero attached hydrogens (tertiary/aromatic N) is 3. The molecular weight excluding hydrogens is 327 g/mol. The van der Waals surface area contributed by atoms with E-state index in [-0.39, 0.29) is 23.4 Å². The molecule has 0 aliphatic heterocycles. The minimum Gasteiger partial charge on any atom is -0.370 e. The quantitative estimate of drug-likeness (QED) is 0.873. The van der Waals surface area contributed by atoms with E-state index in [1.165, 1.54) is 6.07 Å². The van der Waals surface area contributed by atoms with Gasteiger partial charge in [-0.3, -0.25) is 4.79 Å². The van der Waals surface area contributed by atoms with Crippen LogP contribution in [0.4, 0.5) is 4.39 Å². The van der Waals surface area contributed by atoms with E-state index < -0.39 is 0 Å². The summed E-state index contributed by atoms with van der Waals surface area (Å²) in [4.78, 5) is 11.2. The van der Waals surface area contributed by atoms with Crippen molar-refractivity contribution in [3.05, 3.63) is 41.0 Å². The molecule has 1 saturated carbocycles. The van der Waals surface area contributed by atoms with Crippen molar-refractivity contribution < 1.29 is 9.18 Å². The second-order valence-electron chi connectivity index (χ2n) is 6.44. The number of benzene rings is 1. The zero-order chi connectivity index (χ0) is 16.7. The fraction of sp³-hybridized carbons (Fsp3) is 0.471. The second-order valence-corrected chi connectivity index (χ2v) is 7.61. The topological polar surface area (TPSA) is 73.8 Å². The molecule has 0 radical (unpaired) electrons. The van der Waals surface area contributed by atoms with Crippen LogP contribution in [0.3, 0.4) is 0 Å². The number of thioether (sulfide) groups is 1. The highest BCUT2D eigenvalue weighted by Gasteiger charge is 2.32. The Morgan fingerprint density at radius 3 is 2.92 bits per heavy atom. The molecule has 0 unspecified atom stereocenters. The Morgan fingerprint density at radius 2 is 2.17 bits per heavy atom. The van der Waals surface area contributed by atoms with Gasteiger partial charge in [-0.05, 0) is 42.9 Å². The number of rotatable bonds is 6. The van der Waals surface area contributed by atoms with Gasteiger partial charge in [-0.25, -0.2) is 4.39 Å². The fourth-order valence-electron chi connectivity index (χ4n) is 3.28. The van der Waals surface area contributed by atoms with E-state index >= 15 is 0 Å². The standard InChI is InChI=1S/C17H19FN4OS/c18-13-3-1-2-12-11(13)6-7-14(12)24-17-21-20-16(10-4-5-10)22(17)9-8-15(19)23/h1-3,10,14H,4-9H2,(H2,19,23)/t14-/m0/s1. The van der Waals surface area contributed by atoms with Crippen LogP contribution in [0.2, 0.25) is 0 Å². The van der Waals surface area contributed by atoms with Crippen LogP contribution in [0.25, 0.3) is 0 Å². The zero-order valence-corrected chi connectivity index (χ0v) is 14.1. The largest absolute Gasteiger partial charge is 0.370 e. The summed E-state index contributed by atoms with van der Waals surface area (Å²) in [6, 6.07) is 5.28. The van der Waals surface area contributed by atoms with E-state index in [0.717, 1.165) is 47.8 Å². The molecule has 2 aromatic rings. The van der Waals surface area contributed by atoms with Crippen LogP contribution in [-0.4, -0.2) is 20.7 Å². The molecule has 0 spiro atoms. The summed E-state index contributed by atoms with van der Waals surface area (Å²) < 4.78 is 15.9. The monoisotopic (exact) mass is 346 g/mol. The third kappa shape index (κ3) is 2.92.